The Bertz CT molecular complexity index is 476. The molecule has 0 aromatic heterocycles. The van der Waals surface area contributed by atoms with Gasteiger partial charge in [-0.2, -0.15) is 0 Å². The summed E-state index contributed by atoms with van der Waals surface area (Å²) in [5, 5.41) is 0.556. The molecular formula is C12H13ClN2OS. The zero-order valence-electron chi connectivity index (χ0n) is 9.28. The maximum Gasteiger partial charge on any atom is 0.227 e. The smallest absolute Gasteiger partial charge is 0.227 e. The van der Waals surface area contributed by atoms with E-state index in [4.69, 9.17) is 29.6 Å². The lowest BCUT2D eigenvalue weighted by molar-refractivity contribution is -0.119. The Hall–Kier alpha value is -1.13. The van der Waals surface area contributed by atoms with Gasteiger partial charge in [-0.25, -0.2) is 0 Å². The molecule has 17 heavy (non-hydrogen) atoms. The molecule has 1 aliphatic rings. The van der Waals surface area contributed by atoms with Crippen molar-refractivity contribution >= 4 is 40.4 Å². The minimum absolute atomic E-state index is 0.109. The normalized spacial score (nSPS) is 16.1. The van der Waals surface area contributed by atoms with Crippen molar-refractivity contribution in [3.05, 3.63) is 28.8 Å². The molecule has 1 aromatic rings. The number of piperidine rings is 1. The van der Waals surface area contributed by atoms with Crippen LogP contribution in [0, 0.1) is 0 Å². The van der Waals surface area contributed by atoms with Crippen LogP contribution in [-0.2, 0) is 4.79 Å². The zero-order chi connectivity index (χ0) is 12.4. The van der Waals surface area contributed by atoms with E-state index in [1.54, 1.807) is 23.1 Å². The third kappa shape index (κ3) is 2.58. The van der Waals surface area contributed by atoms with Crippen molar-refractivity contribution in [2.75, 3.05) is 11.4 Å². The number of nitrogens with two attached hydrogens (primary N) is 1. The lowest BCUT2D eigenvalue weighted by atomic mass is 10.1. The van der Waals surface area contributed by atoms with Crippen molar-refractivity contribution in [3.8, 4) is 0 Å². The second-order valence-corrected chi connectivity index (χ2v) is 4.88. The standard InChI is InChI=1S/C12H13ClN2OS/c13-9-5-4-8(12(14)17)7-10(9)15-6-2-1-3-11(15)16/h4-5,7H,1-3,6H2,(H2,14,17). The van der Waals surface area contributed by atoms with Crippen LogP contribution in [0.15, 0.2) is 18.2 Å². The fraction of sp³-hybridized carbons (Fsp3) is 0.333. The number of anilines is 1. The molecule has 0 unspecified atom stereocenters. The van der Waals surface area contributed by atoms with Gasteiger partial charge in [0.25, 0.3) is 0 Å². The molecule has 0 aliphatic carbocycles. The number of nitrogens with zero attached hydrogens (tertiary/aromatic N) is 1. The van der Waals surface area contributed by atoms with Crippen molar-refractivity contribution in [3.63, 3.8) is 0 Å². The SMILES string of the molecule is NC(=S)c1ccc(Cl)c(N2CCCCC2=O)c1. The predicted molar refractivity (Wildman–Crippen MR) is 73.5 cm³/mol. The molecule has 1 aliphatic heterocycles. The molecule has 2 rings (SSSR count). The zero-order valence-corrected chi connectivity index (χ0v) is 10.9. The molecule has 1 saturated heterocycles. The first-order valence-electron chi connectivity index (χ1n) is 5.49. The van der Waals surface area contributed by atoms with Gasteiger partial charge in [-0.3, -0.25) is 4.79 Å². The van der Waals surface area contributed by atoms with Gasteiger partial charge in [0.15, 0.2) is 0 Å². The van der Waals surface area contributed by atoms with E-state index in [1.807, 2.05) is 0 Å². The van der Waals surface area contributed by atoms with Gasteiger partial charge in [-0.05, 0) is 25.0 Å². The number of thiocarbonyl (C=S) groups is 1. The summed E-state index contributed by atoms with van der Waals surface area (Å²) >= 11 is 11.0. The number of benzene rings is 1. The highest BCUT2D eigenvalue weighted by Gasteiger charge is 2.21. The molecule has 2 N–H and O–H groups in total. The summed E-state index contributed by atoms with van der Waals surface area (Å²) in [5.41, 5.74) is 7.03. The number of hydrogen-bond acceptors (Lipinski definition) is 2. The fourth-order valence-corrected chi connectivity index (χ4v) is 2.28. The number of halogens is 1. The van der Waals surface area contributed by atoms with Gasteiger partial charge in [-0.1, -0.05) is 29.9 Å². The number of hydrogen-bond donors (Lipinski definition) is 1. The number of carbonyl (C=O) groups excluding carboxylic acids is 1. The minimum atomic E-state index is 0.109. The molecule has 90 valence electrons. The third-order valence-electron chi connectivity index (χ3n) is 2.84. The summed E-state index contributed by atoms with van der Waals surface area (Å²) in [4.78, 5) is 13.9. The molecule has 0 bridgehead atoms. The number of carbonyl (C=O) groups is 1. The maximum atomic E-state index is 11.8. The van der Waals surface area contributed by atoms with Crippen LogP contribution in [-0.4, -0.2) is 17.4 Å². The summed E-state index contributed by atoms with van der Waals surface area (Å²) in [7, 11) is 0. The molecule has 1 heterocycles. The summed E-state index contributed by atoms with van der Waals surface area (Å²) in [5.74, 6) is 0.109. The molecule has 1 fully saturated rings. The first-order chi connectivity index (χ1) is 8.09. The average molecular weight is 269 g/mol. The van der Waals surface area contributed by atoms with Crippen LogP contribution in [0.2, 0.25) is 5.02 Å². The van der Waals surface area contributed by atoms with Gasteiger partial charge in [0.1, 0.15) is 4.99 Å². The van der Waals surface area contributed by atoms with Crippen LogP contribution in [0.4, 0.5) is 5.69 Å². The van der Waals surface area contributed by atoms with Crippen molar-refractivity contribution in [2.24, 2.45) is 5.73 Å². The van der Waals surface area contributed by atoms with Crippen molar-refractivity contribution < 1.29 is 4.79 Å². The topological polar surface area (TPSA) is 46.3 Å². The number of amides is 1. The molecule has 5 heteroatoms. The monoisotopic (exact) mass is 268 g/mol. The van der Waals surface area contributed by atoms with Gasteiger partial charge in [0, 0.05) is 18.5 Å². The first-order valence-corrected chi connectivity index (χ1v) is 6.28. The van der Waals surface area contributed by atoms with E-state index in [0.29, 0.717) is 28.7 Å². The highest BCUT2D eigenvalue weighted by Crippen LogP contribution is 2.29. The van der Waals surface area contributed by atoms with E-state index in [0.717, 1.165) is 18.4 Å². The van der Waals surface area contributed by atoms with Crippen LogP contribution >= 0.6 is 23.8 Å². The van der Waals surface area contributed by atoms with Crippen molar-refractivity contribution in [1.82, 2.24) is 0 Å². The molecule has 3 nitrogen and oxygen atoms in total. The van der Waals surface area contributed by atoms with E-state index in [-0.39, 0.29) is 5.91 Å². The van der Waals surface area contributed by atoms with Crippen molar-refractivity contribution in [1.29, 1.82) is 0 Å². The lowest BCUT2D eigenvalue weighted by Gasteiger charge is -2.27. The summed E-state index contributed by atoms with van der Waals surface area (Å²) in [6.45, 7) is 0.708. The molecule has 0 spiro atoms. The first kappa shape index (κ1) is 12.3. The largest absolute Gasteiger partial charge is 0.389 e. The quantitative estimate of drug-likeness (QED) is 0.839. The van der Waals surface area contributed by atoms with E-state index < -0.39 is 0 Å². The Morgan fingerprint density at radius 2 is 2.18 bits per heavy atom. The van der Waals surface area contributed by atoms with Gasteiger partial charge in [0.2, 0.25) is 5.91 Å². The highest BCUT2D eigenvalue weighted by atomic mass is 35.5. The second-order valence-electron chi connectivity index (χ2n) is 4.03. The van der Waals surface area contributed by atoms with E-state index >= 15 is 0 Å². The fourth-order valence-electron chi connectivity index (χ4n) is 1.93. The maximum absolute atomic E-state index is 11.8. The van der Waals surface area contributed by atoms with Crippen LogP contribution in [0.5, 0.6) is 0 Å². The Labute approximate surface area is 111 Å². The number of rotatable bonds is 2. The van der Waals surface area contributed by atoms with Gasteiger partial charge in [-0.15, -0.1) is 0 Å². The van der Waals surface area contributed by atoms with E-state index in [1.165, 1.54) is 0 Å². The molecule has 1 aromatic carbocycles. The second kappa shape index (κ2) is 5.02. The minimum Gasteiger partial charge on any atom is -0.389 e. The van der Waals surface area contributed by atoms with Crippen LogP contribution < -0.4 is 10.6 Å². The lowest BCUT2D eigenvalue weighted by Crippen LogP contribution is -2.35. The van der Waals surface area contributed by atoms with Crippen LogP contribution in [0.3, 0.4) is 0 Å². The van der Waals surface area contributed by atoms with Gasteiger partial charge >= 0.3 is 0 Å². The summed E-state index contributed by atoms with van der Waals surface area (Å²) < 4.78 is 0. The summed E-state index contributed by atoms with van der Waals surface area (Å²) in [6, 6.07) is 5.28. The van der Waals surface area contributed by atoms with E-state index in [9.17, 15) is 4.79 Å². The van der Waals surface area contributed by atoms with Gasteiger partial charge in [0.05, 0.1) is 10.7 Å². The van der Waals surface area contributed by atoms with Crippen LogP contribution in [0.1, 0.15) is 24.8 Å². The highest BCUT2D eigenvalue weighted by molar-refractivity contribution is 7.80. The Kier molecular flexibility index (Phi) is 3.64. The summed E-state index contributed by atoms with van der Waals surface area (Å²) in [6.07, 6.45) is 2.52. The van der Waals surface area contributed by atoms with E-state index in [2.05, 4.69) is 0 Å². The molecule has 1 amide bonds. The molecule has 0 atom stereocenters. The Morgan fingerprint density at radius 1 is 1.41 bits per heavy atom. The van der Waals surface area contributed by atoms with Crippen molar-refractivity contribution in [2.45, 2.75) is 19.3 Å². The van der Waals surface area contributed by atoms with Crippen LogP contribution in [0.25, 0.3) is 0 Å². The Morgan fingerprint density at radius 3 is 2.82 bits per heavy atom. The van der Waals surface area contributed by atoms with Gasteiger partial charge < -0.3 is 10.6 Å². The molecule has 0 saturated carbocycles. The molecular weight excluding hydrogens is 256 g/mol. The Balaban J connectivity index is 2.39. The molecule has 0 radical (unpaired) electrons. The third-order valence-corrected chi connectivity index (χ3v) is 3.40. The predicted octanol–water partition coefficient (Wildman–Crippen LogP) is 2.49. The average Bonchev–Trinajstić information content (AvgIpc) is 2.30.